The molecule has 0 amide bonds. The molecule has 0 rings (SSSR count). The summed E-state index contributed by atoms with van der Waals surface area (Å²) in [6.45, 7) is 29.6. The molecule has 0 heterocycles. The van der Waals surface area contributed by atoms with Crippen molar-refractivity contribution in [3.63, 3.8) is 0 Å². The van der Waals surface area contributed by atoms with Crippen LogP contribution in [-0.4, -0.2) is 71.8 Å². The predicted octanol–water partition coefficient (Wildman–Crippen LogP) is 4.72. The van der Waals surface area contributed by atoms with Gasteiger partial charge in [0.2, 0.25) is 0 Å². The van der Waals surface area contributed by atoms with Gasteiger partial charge in [-0.2, -0.15) is 0 Å². The molecule has 0 aromatic carbocycles. The minimum Gasteiger partial charge on any atom is -0.415 e. The van der Waals surface area contributed by atoms with Crippen molar-refractivity contribution in [3.8, 4) is 0 Å². The van der Waals surface area contributed by atoms with E-state index in [0.717, 1.165) is 13.1 Å². The first-order chi connectivity index (χ1) is 11.9. The van der Waals surface area contributed by atoms with Crippen molar-refractivity contribution < 1.29 is 17.7 Å². The van der Waals surface area contributed by atoms with E-state index < -0.39 is 33.3 Å². The van der Waals surface area contributed by atoms with Gasteiger partial charge in [0.25, 0.3) is 0 Å². The van der Waals surface area contributed by atoms with Crippen LogP contribution < -0.4 is 5.32 Å². The Kier molecular flexibility index (Phi) is 11.4. The Hall–Kier alpha value is 0.668. The molecule has 2 atom stereocenters. The standard InChI is InChI=1S/C18H47NO4Si4/c1-24(2,3)20-15-17(22-26(7,8)9)13-19-14-18(23-27(10,11)12)16-21-25(4,5)6/h17-19H,13-16H2,1-12H3. The van der Waals surface area contributed by atoms with Crippen LogP contribution in [0.1, 0.15) is 0 Å². The van der Waals surface area contributed by atoms with E-state index in [2.05, 4.69) is 83.9 Å². The summed E-state index contributed by atoms with van der Waals surface area (Å²) in [6, 6.07) is 0. The molecule has 2 unspecified atom stereocenters. The molecule has 0 fully saturated rings. The van der Waals surface area contributed by atoms with Gasteiger partial charge in [0, 0.05) is 13.1 Å². The average molecular weight is 454 g/mol. The van der Waals surface area contributed by atoms with Gasteiger partial charge < -0.3 is 23.0 Å². The first kappa shape index (κ1) is 27.7. The highest BCUT2D eigenvalue weighted by Gasteiger charge is 2.26. The number of hydrogen-bond acceptors (Lipinski definition) is 5. The van der Waals surface area contributed by atoms with Crippen molar-refractivity contribution in [2.45, 2.75) is 90.8 Å². The van der Waals surface area contributed by atoms with E-state index in [1.54, 1.807) is 0 Å². The quantitative estimate of drug-likeness (QED) is 0.386. The number of rotatable bonds is 14. The molecule has 0 radical (unpaired) electrons. The third-order valence-corrected chi connectivity index (χ3v) is 7.34. The van der Waals surface area contributed by atoms with Crippen molar-refractivity contribution in [1.82, 2.24) is 5.32 Å². The summed E-state index contributed by atoms with van der Waals surface area (Å²) in [6.07, 6.45) is 0.183. The Morgan fingerprint density at radius 2 is 0.815 bits per heavy atom. The molecule has 164 valence electrons. The van der Waals surface area contributed by atoms with Crippen LogP contribution in [0.3, 0.4) is 0 Å². The van der Waals surface area contributed by atoms with E-state index in [1.807, 2.05) is 0 Å². The van der Waals surface area contributed by atoms with Crippen LogP contribution in [0.15, 0.2) is 0 Å². The zero-order valence-corrected chi connectivity index (χ0v) is 24.1. The zero-order valence-electron chi connectivity index (χ0n) is 20.1. The van der Waals surface area contributed by atoms with Gasteiger partial charge in [-0.25, -0.2) is 0 Å². The molecule has 1 N–H and O–H groups in total. The lowest BCUT2D eigenvalue weighted by atomic mass is 10.3. The summed E-state index contributed by atoms with van der Waals surface area (Å²) in [7, 11) is -6.34. The highest BCUT2D eigenvalue weighted by atomic mass is 28.4. The van der Waals surface area contributed by atoms with Crippen LogP contribution in [0.2, 0.25) is 78.6 Å². The largest absolute Gasteiger partial charge is 0.415 e. The van der Waals surface area contributed by atoms with Crippen LogP contribution in [0.25, 0.3) is 0 Å². The minimum absolute atomic E-state index is 0.0915. The van der Waals surface area contributed by atoms with E-state index in [0.29, 0.717) is 13.2 Å². The van der Waals surface area contributed by atoms with Gasteiger partial charge in [-0.3, -0.25) is 0 Å². The third kappa shape index (κ3) is 19.7. The van der Waals surface area contributed by atoms with E-state index >= 15 is 0 Å². The maximum Gasteiger partial charge on any atom is 0.184 e. The molecule has 0 aromatic heterocycles. The lowest BCUT2D eigenvalue weighted by molar-refractivity contribution is 0.0972. The van der Waals surface area contributed by atoms with Crippen LogP contribution in [0.5, 0.6) is 0 Å². The third-order valence-electron chi connectivity index (χ3n) is 3.19. The molecule has 0 aliphatic carbocycles. The van der Waals surface area contributed by atoms with Crippen LogP contribution in [0, 0.1) is 0 Å². The maximum atomic E-state index is 6.35. The summed E-state index contributed by atoms with van der Waals surface area (Å²) in [5, 5.41) is 3.57. The van der Waals surface area contributed by atoms with Crippen LogP contribution in [0.4, 0.5) is 0 Å². The van der Waals surface area contributed by atoms with Crippen molar-refractivity contribution in [2.75, 3.05) is 26.3 Å². The molecule has 0 aromatic rings. The number of hydrogen-bond donors (Lipinski definition) is 1. The van der Waals surface area contributed by atoms with Gasteiger partial charge >= 0.3 is 0 Å². The fourth-order valence-corrected chi connectivity index (χ4v) is 6.03. The van der Waals surface area contributed by atoms with Crippen molar-refractivity contribution in [3.05, 3.63) is 0 Å². The minimum atomic E-state index is -1.62. The molecular weight excluding hydrogens is 407 g/mol. The monoisotopic (exact) mass is 453 g/mol. The van der Waals surface area contributed by atoms with Gasteiger partial charge in [-0.05, 0) is 78.6 Å². The Bertz CT molecular complexity index is 374. The van der Waals surface area contributed by atoms with E-state index in [9.17, 15) is 0 Å². The predicted molar refractivity (Wildman–Crippen MR) is 128 cm³/mol. The molecule has 0 aliphatic rings. The summed E-state index contributed by atoms with van der Waals surface area (Å²) < 4.78 is 24.9. The fourth-order valence-electron chi connectivity index (χ4n) is 2.36. The van der Waals surface area contributed by atoms with Crippen molar-refractivity contribution in [2.24, 2.45) is 0 Å². The second kappa shape index (κ2) is 11.2. The van der Waals surface area contributed by atoms with E-state index in [1.165, 1.54) is 0 Å². The smallest absolute Gasteiger partial charge is 0.184 e. The van der Waals surface area contributed by atoms with Gasteiger partial charge in [-0.1, -0.05) is 0 Å². The summed E-state index contributed by atoms with van der Waals surface area (Å²) in [5.74, 6) is 0. The van der Waals surface area contributed by atoms with E-state index in [-0.39, 0.29) is 12.2 Å². The second-order valence-corrected chi connectivity index (χ2v) is 29.2. The Morgan fingerprint density at radius 3 is 1.04 bits per heavy atom. The van der Waals surface area contributed by atoms with Crippen LogP contribution in [-0.2, 0) is 17.7 Å². The summed E-state index contributed by atoms with van der Waals surface area (Å²) >= 11 is 0. The number of nitrogens with one attached hydrogen (secondary N) is 1. The highest BCUT2D eigenvalue weighted by Crippen LogP contribution is 2.12. The normalized spacial score (nSPS) is 16.4. The van der Waals surface area contributed by atoms with Crippen molar-refractivity contribution >= 4 is 33.3 Å². The lowest BCUT2D eigenvalue weighted by Gasteiger charge is -2.31. The van der Waals surface area contributed by atoms with Gasteiger partial charge in [0.1, 0.15) is 0 Å². The zero-order chi connectivity index (χ0) is 21.5. The van der Waals surface area contributed by atoms with Gasteiger partial charge in [0.15, 0.2) is 33.3 Å². The first-order valence-corrected chi connectivity index (χ1v) is 23.8. The maximum absolute atomic E-state index is 6.35. The molecule has 9 heteroatoms. The Labute approximate surface area is 173 Å². The molecular formula is C18H47NO4Si4. The molecule has 5 nitrogen and oxygen atoms in total. The van der Waals surface area contributed by atoms with Crippen molar-refractivity contribution in [1.29, 1.82) is 0 Å². The Morgan fingerprint density at radius 1 is 0.519 bits per heavy atom. The molecule has 0 saturated heterocycles. The molecule has 0 saturated carbocycles. The average Bonchev–Trinajstić information content (AvgIpc) is 2.37. The molecule has 0 spiro atoms. The molecule has 0 aliphatic heterocycles. The summed E-state index contributed by atoms with van der Waals surface area (Å²) in [5.41, 5.74) is 0. The van der Waals surface area contributed by atoms with Crippen LogP contribution >= 0.6 is 0 Å². The topological polar surface area (TPSA) is 49.0 Å². The molecule has 27 heavy (non-hydrogen) atoms. The van der Waals surface area contributed by atoms with Gasteiger partial charge in [-0.15, -0.1) is 0 Å². The Balaban J connectivity index is 4.72. The first-order valence-electron chi connectivity index (χ1n) is 10.2. The van der Waals surface area contributed by atoms with Gasteiger partial charge in [0.05, 0.1) is 25.4 Å². The summed E-state index contributed by atoms with van der Waals surface area (Å²) in [4.78, 5) is 0. The SMILES string of the molecule is C[Si](C)(C)OCC(CNCC(CO[Si](C)(C)C)O[Si](C)(C)C)O[Si](C)(C)C. The molecule has 0 bridgehead atoms. The lowest BCUT2D eigenvalue weighted by Crippen LogP contribution is -2.47. The second-order valence-electron chi connectivity index (χ2n) is 11.2. The van der Waals surface area contributed by atoms with E-state index in [4.69, 9.17) is 17.7 Å². The fraction of sp³-hybridized carbons (Fsp3) is 1.00. The highest BCUT2D eigenvalue weighted by molar-refractivity contribution is 6.70.